The smallest absolute Gasteiger partial charge is 0.175 e. The number of fused-ring (bicyclic) bond motifs is 1. The van der Waals surface area contributed by atoms with E-state index in [1.165, 1.54) is 5.56 Å². The van der Waals surface area contributed by atoms with Crippen LogP contribution in [0.15, 0.2) is 103 Å². The fraction of sp³-hybridized carbons (Fsp3) is 0.0357. The molecule has 5 rings (SSSR count). The Balaban J connectivity index is 1.50. The Morgan fingerprint density at radius 2 is 1.12 bits per heavy atom. The van der Waals surface area contributed by atoms with Crippen LogP contribution >= 0.6 is 12.2 Å². The van der Waals surface area contributed by atoms with Gasteiger partial charge >= 0.3 is 0 Å². The standard InChI is InChI=1S/C28H22N4S/c1-19-12-14-22(15-13-19)29-28(33)30-23-16-17-24-25(18-23)32-27(21-10-6-3-7-11-21)26(31-24)20-8-4-2-5-9-20/h2-18H,1H3,(H2,29,30,33). The summed E-state index contributed by atoms with van der Waals surface area (Å²) in [6.45, 7) is 2.06. The van der Waals surface area contributed by atoms with Crippen LogP contribution in [0.25, 0.3) is 33.5 Å². The minimum absolute atomic E-state index is 0.523. The van der Waals surface area contributed by atoms with Crippen LogP contribution in [0.1, 0.15) is 5.56 Å². The van der Waals surface area contributed by atoms with Gasteiger partial charge in [-0.05, 0) is 49.5 Å². The van der Waals surface area contributed by atoms with Gasteiger partial charge in [-0.1, -0.05) is 78.4 Å². The summed E-state index contributed by atoms with van der Waals surface area (Å²) in [5.74, 6) is 0. The molecule has 0 radical (unpaired) electrons. The normalized spacial score (nSPS) is 10.7. The highest BCUT2D eigenvalue weighted by molar-refractivity contribution is 7.80. The summed E-state index contributed by atoms with van der Waals surface area (Å²) in [5, 5.41) is 7.00. The number of rotatable bonds is 4. The van der Waals surface area contributed by atoms with Crippen LogP contribution in [0.4, 0.5) is 11.4 Å². The summed E-state index contributed by atoms with van der Waals surface area (Å²) in [7, 11) is 0. The Bertz CT molecular complexity index is 1420. The van der Waals surface area contributed by atoms with Gasteiger partial charge in [-0.3, -0.25) is 0 Å². The summed E-state index contributed by atoms with van der Waals surface area (Å²) < 4.78 is 0. The molecule has 1 heterocycles. The molecule has 0 aliphatic rings. The Labute approximate surface area is 198 Å². The van der Waals surface area contributed by atoms with E-state index in [2.05, 4.69) is 41.8 Å². The van der Waals surface area contributed by atoms with E-state index in [0.717, 1.165) is 44.9 Å². The van der Waals surface area contributed by atoms with E-state index in [1.807, 2.05) is 78.9 Å². The van der Waals surface area contributed by atoms with Crippen LogP contribution in [0.5, 0.6) is 0 Å². The molecule has 0 saturated heterocycles. The second-order valence-corrected chi connectivity index (χ2v) is 8.21. The third kappa shape index (κ3) is 4.73. The monoisotopic (exact) mass is 446 g/mol. The number of aryl methyl sites for hydroxylation is 1. The van der Waals surface area contributed by atoms with Crippen molar-refractivity contribution in [2.24, 2.45) is 0 Å². The lowest BCUT2D eigenvalue weighted by molar-refractivity contribution is 1.29. The minimum atomic E-state index is 0.523. The van der Waals surface area contributed by atoms with Gasteiger partial charge in [0, 0.05) is 22.5 Å². The summed E-state index contributed by atoms with van der Waals surface area (Å²) in [5.41, 5.74) is 8.42. The van der Waals surface area contributed by atoms with Crippen molar-refractivity contribution in [3.8, 4) is 22.5 Å². The van der Waals surface area contributed by atoms with Gasteiger partial charge < -0.3 is 10.6 Å². The molecule has 0 spiro atoms. The maximum Gasteiger partial charge on any atom is 0.175 e. The number of hydrogen-bond donors (Lipinski definition) is 2. The second-order valence-electron chi connectivity index (χ2n) is 7.80. The molecule has 1 aromatic heterocycles. The van der Waals surface area contributed by atoms with Crippen molar-refractivity contribution in [3.63, 3.8) is 0 Å². The highest BCUT2D eigenvalue weighted by atomic mass is 32.1. The van der Waals surface area contributed by atoms with E-state index in [1.54, 1.807) is 0 Å². The quantitative estimate of drug-likeness (QED) is 0.289. The van der Waals surface area contributed by atoms with E-state index >= 15 is 0 Å². The molecule has 0 fully saturated rings. The lowest BCUT2D eigenvalue weighted by atomic mass is 10.0. The molecule has 33 heavy (non-hydrogen) atoms. The lowest BCUT2D eigenvalue weighted by Gasteiger charge is -2.13. The van der Waals surface area contributed by atoms with Crippen LogP contribution in [0.2, 0.25) is 0 Å². The first-order valence-electron chi connectivity index (χ1n) is 10.7. The molecule has 0 amide bonds. The first kappa shape index (κ1) is 20.8. The topological polar surface area (TPSA) is 49.8 Å². The molecular formula is C28H22N4S. The average molecular weight is 447 g/mol. The Morgan fingerprint density at radius 1 is 0.606 bits per heavy atom. The average Bonchev–Trinajstić information content (AvgIpc) is 2.85. The number of benzene rings is 4. The van der Waals surface area contributed by atoms with Crippen molar-refractivity contribution in [2.45, 2.75) is 6.92 Å². The largest absolute Gasteiger partial charge is 0.332 e. The highest BCUT2D eigenvalue weighted by Crippen LogP contribution is 2.31. The summed E-state index contributed by atoms with van der Waals surface area (Å²) in [6, 6.07) is 34.4. The van der Waals surface area contributed by atoms with Crippen LogP contribution in [-0.4, -0.2) is 15.1 Å². The summed E-state index contributed by atoms with van der Waals surface area (Å²) in [6.07, 6.45) is 0. The summed E-state index contributed by atoms with van der Waals surface area (Å²) >= 11 is 5.50. The van der Waals surface area contributed by atoms with Gasteiger partial charge in [-0.25, -0.2) is 9.97 Å². The molecule has 160 valence electrons. The van der Waals surface area contributed by atoms with E-state index in [9.17, 15) is 0 Å². The molecule has 0 atom stereocenters. The molecule has 5 heteroatoms. The van der Waals surface area contributed by atoms with Crippen LogP contribution in [-0.2, 0) is 0 Å². The van der Waals surface area contributed by atoms with Crippen molar-refractivity contribution in [2.75, 3.05) is 10.6 Å². The number of hydrogen-bond acceptors (Lipinski definition) is 3. The van der Waals surface area contributed by atoms with Crippen molar-refractivity contribution >= 4 is 39.7 Å². The fourth-order valence-corrected chi connectivity index (χ4v) is 3.89. The van der Waals surface area contributed by atoms with E-state index < -0.39 is 0 Å². The van der Waals surface area contributed by atoms with Crippen molar-refractivity contribution in [1.82, 2.24) is 9.97 Å². The van der Waals surface area contributed by atoms with Crippen LogP contribution in [0, 0.1) is 6.92 Å². The van der Waals surface area contributed by atoms with Crippen molar-refractivity contribution in [3.05, 3.63) is 109 Å². The number of nitrogens with zero attached hydrogens (tertiary/aromatic N) is 2. The molecule has 0 aliphatic heterocycles. The molecule has 0 aliphatic carbocycles. The molecule has 4 nitrogen and oxygen atoms in total. The minimum Gasteiger partial charge on any atom is -0.332 e. The van der Waals surface area contributed by atoms with E-state index in [4.69, 9.17) is 22.2 Å². The predicted molar refractivity (Wildman–Crippen MR) is 141 cm³/mol. The molecule has 5 aromatic rings. The molecular weight excluding hydrogens is 424 g/mol. The van der Waals surface area contributed by atoms with Gasteiger partial charge in [0.25, 0.3) is 0 Å². The maximum atomic E-state index is 5.50. The maximum absolute atomic E-state index is 5.50. The van der Waals surface area contributed by atoms with Gasteiger partial charge in [-0.15, -0.1) is 0 Å². The van der Waals surface area contributed by atoms with Gasteiger partial charge in [0.05, 0.1) is 22.4 Å². The second kappa shape index (κ2) is 9.18. The summed E-state index contributed by atoms with van der Waals surface area (Å²) in [4.78, 5) is 10.00. The molecule has 0 saturated carbocycles. The van der Waals surface area contributed by atoms with Crippen molar-refractivity contribution < 1.29 is 0 Å². The van der Waals surface area contributed by atoms with Gasteiger partial charge in [0.2, 0.25) is 0 Å². The van der Waals surface area contributed by atoms with E-state index in [0.29, 0.717) is 5.11 Å². The first-order chi connectivity index (χ1) is 16.2. The lowest BCUT2D eigenvalue weighted by Crippen LogP contribution is -2.19. The number of anilines is 2. The first-order valence-corrected chi connectivity index (χ1v) is 11.1. The number of aromatic nitrogens is 2. The Morgan fingerprint density at radius 3 is 1.73 bits per heavy atom. The Kier molecular flexibility index (Phi) is 5.79. The highest BCUT2D eigenvalue weighted by Gasteiger charge is 2.13. The third-order valence-corrected chi connectivity index (χ3v) is 5.53. The zero-order chi connectivity index (χ0) is 22.6. The molecule has 4 aromatic carbocycles. The molecule has 2 N–H and O–H groups in total. The van der Waals surface area contributed by atoms with Gasteiger partial charge in [0.15, 0.2) is 5.11 Å². The molecule has 0 unspecified atom stereocenters. The van der Waals surface area contributed by atoms with Gasteiger partial charge in [-0.2, -0.15) is 0 Å². The fourth-order valence-electron chi connectivity index (χ4n) is 3.66. The predicted octanol–water partition coefficient (Wildman–Crippen LogP) is 7.08. The number of nitrogens with one attached hydrogen (secondary N) is 2. The van der Waals surface area contributed by atoms with Crippen molar-refractivity contribution in [1.29, 1.82) is 0 Å². The number of thiocarbonyl (C=S) groups is 1. The zero-order valence-corrected chi connectivity index (χ0v) is 18.9. The Hall–Kier alpha value is -4.09. The van der Waals surface area contributed by atoms with E-state index in [-0.39, 0.29) is 0 Å². The molecule has 0 bridgehead atoms. The van der Waals surface area contributed by atoms with Crippen LogP contribution in [0.3, 0.4) is 0 Å². The SMILES string of the molecule is Cc1ccc(NC(=S)Nc2ccc3nc(-c4ccccc4)c(-c4ccccc4)nc3c2)cc1. The van der Waals surface area contributed by atoms with Gasteiger partial charge in [0.1, 0.15) is 0 Å². The zero-order valence-electron chi connectivity index (χ0n) is 18.1. The van der Waals surface area contributed by atoms with Crippen LogP contribution < -0.4 is 10.6 Å². The third-order valence-electron chi connectivity index (χ3n) is 5.33.